The molecule has 1 N–H and O–H groups in total. The second-order valence-corrected chi connectivity index (χ2v) is 3.57. The Bertz CT molecular complexity index is 171. The summed E-state index contributed by atoms with van der Waals surface area (Å²) in [6.07, 6.45) is 2.96. The summed E-state index contributed by atoms with van der Waals surface area (Å²) < 4.78 is 0. The van der Waals surface area contributed by atoms with Gasteiger partial charge >= 0.3 is 0 Å². The smallest absolute Gasteiger partial charge is 0.0522 e. The number of aliphatic hydroxyl groups is 1. The van der Waals surface area contributed by atoms with Crippen molar-refractivity contribution in [2.24, 2.45) is 5.41 Å². The van der Waals surface area contributed by atoms with Crippen LogP contribution in [0.2, 0.25) is 0 Å². The molecule has 0 aromatic heterocycles. The van der Waals surface area contributed by atoms with Gasteiger partial charge in [-0.05, 0) is 25.0 Å². The third-order valence-corrected chi connectivity index (χ3v) is 1.65. The standard InChI is InChI=1S/C10H18O/c1-5-9(2)6-7-10(3,4)8-11/h7,11H,5,8H2,1-4H3. The van der Waals surface area contributed by atoms with Gasteiger partial charge in [0.05, 0.1) is 6.61 Å². The van der Waals surface area contributed by atoms with E-state index in [1.165, 1.54) is 5.57 Å². The summed E-state index contributed by atoms with van der Waals surface area (Å²) in [5, 5.41) is 8.90. The summed E-state index contributed by atoms with van der Waals surface area (Å²) in [4.78, 5) is 0. The van der Waals surface area contributed by atoms with E-state index in [2.05, 4.69) is 12.7 Å². The van der Waals surface area contributed by atoms with Gasteiger partial charge in [0.15, 0.2) is 0 Å². The molecule has 1 heteroatoms. The van der Waals surface area contributed by atoms with Crippen molar-refractivity contribution >= 4 is 0 Å². The zero-order chi connectivity index (χ0) is 8.91. The largest absolute Gasteiger partial charge is 0.395 e. The topological polar surface area (TPSA) is 20.2 Å². The minimum absolute atomic E-state index is 0.129. The van der Waals surface area contributed by atoms with Crippen LogP contribution in [0.4, 0.5) is 0 Å². The van der Waals surface area contributed by atoms with E-state index in [0.29, 0.717) is 0 Å². The van der Waals surface area contributed by atoms with Crippen LogP contribution in [0.1, 0.15) is 34.1 Å². The van der Waals surface area contributed by atoms with E-state index in [9.17, 15) is 0 Å². The molecule has 0 radical (unpaired) electrons. The Balaban J connectivity index is 4.32. The van der Waals surface area contributed by atoms with Crippen molar-refractivity contribution in [2.45, 2.75) is 34.1 Å². The Kier molecular flexibility index (Phi) is 4.17. The summed E-state index contributed by atoms with van der Waals surface area (Å²) in [7, 11) is 0. The summed E-state index contributed by atoms with van der Waals surface area (Å²) in [5.74, 6) is 0. The third kappa shape index (κ3) is 4.83. The fourth-order valence-corrected chi connectivity index (χ4v) is 0.466. The van der Waals surface area contributed by atoms with Crippen molar-refractivity contribution in [3.63, 3.8) is 0 Å². The van der Waals surface area contributed by atoms with E-state index in [-0.39, 0.29) is 12.0 Å². The molecule has 0 amide bonds. The number of hydrogen-bond acceptors (Lipinski definition) is 1. The number of aliphatic hydroxyl groups excluding tert-OH is 1. The molecule has 0 aliphatic heterocycles. The van der Waals surface area contributed by atoms with Crippen LogP contribution < -0.4 is 0 Å². The molecule has 0 heterocycles. The van der Waals surface area contributed by atoms with Gasteiger partial charge in [-0.1, -0.05) is 20.8 Å². The highest BCUT2D eigenvalue weighted by molar-refractivity contribution is 5.02. The minimum Gasteiger partial charge on any atom is -0.395 e. The van der Waals surface area contributed by atoms with Gasteiger partial charge in [0.25, 0.3) is 0 Å². The van der Waals surface area contributed by atoms with Gasteiger partial charge in [-0.25, -0.2) is 0 Å². The maximum Gasteiger partial charge on any atom is 0.0522 e. The Morgan fingerprint density at radius 1 is 1.55 bits per heavy atom. The summed E-state index contributed by atoms with van der Waals surface area (Å²) in [5.41, 5.74) is 4.25. The monoisotopic (exact) mass is 154 g/mol. The number of hydrogen-bond donors (Lipinski definition) is 1. The quantitative estimate of drug-likeness (QED) is 0.619. The van der Waals surface area contributed by atoms with Crippen molar-refractivity contribution < 1.29 is 5.11 Å². The zero-order valence-corrected chi connectivity index (χ0v) is 7.94. The first-order valence-electron chi connectivity index (χ1n) is 4.06. The molecule has 0 saturated carbocycles. The van der Waals surface area contributed by atoms with E-state index < -0.39 is 0 Å². The van der Waals surface area contributed by atoms with Crippen molar-refractivity contribution in [3.8, 4) is 0 Å². The lowest BCUT2D eigenvalue weighted by atomic mass is 9.95. The van der Waals surface area contributed by atoms with Crippen LogP contribution >= 0.6 is 0 Å². The highest BCUT2D eigenvalue weighted by Crippen LogP contribution is 2.14. The van der Waals surface area contributed by atoms with Crippen LogP contribution in [-0.2, 0) is 0 Å². The molecule has 11 heavy (non-hydrogen) atoms. The molecule has 0 rings (SSSR count). The second-order valence-electron chi connectivity index (χ2n) is 3.57. The van der Waals surface area contributed by atoms with Gasteiger partial charge in [0.1, 0.15) is 0 Å². The highest BCUT2D eigenvalue weighted by atomic mass is 16.3. The summed E-state index contributed by atoms with van der Waals surface area (Å²) in [6.45, 7) is 8.30. The molecule has 1 nitrogen and oxygen atoms in total. The Labute approximate surface area is 69.4 Å². The first-order valence-corrected chi connectivity index (χ1v) is 4.06. The van der Waals surface area contributed by atoms with E-state index >= 15 is 0 Å². The average Bonchev–Trinajstić information content (AvgIpc) is 2.00. The van der Waals surface area contributed by atoms with Crippen molar-refractivity contribution in [3.05, 3.63) is 17.4 Å². The minimum atomic E-state index is -0.129. The lowest BCUT2D eigenvalue weighted by Crippen LogP contribution is -2.11. The van der Waals surface area contributed by atoms with Crippen molar-refractivity contribution in [2.75, 3.05) is 6.61 Å². The highest BCUT2D eigenvalue weighted by Gasteiger charge is 2.10. The SMILES string of the molecule is CCC(C)=C=CC(C)(C)CO. The van der Waals surface area contributed by atoms with Crippen LogP contribution in [0.5, 0.6) is 0 Å². The van der Waals surface area contributed by atoms with E-state index in [0.717, 1.165) is 6.42 Å². The molecule has 0 spiro atoms. The van der Waals surface area contributed by atoms with E-state index in [1.54, 1.807) is 0 Å². The molecule has 64 valence electrons. The van der Waals surface area contributed by atoms with E-state index in [1.807, 2.05) is 26.8 Å². The molecule has 0 bridgehead atoms. The zero-order valence-electron chi connectivity index (χ0n) is 7.94. The maximum atomic E-state index is 8.90. The predicted octanol–water partition coefficient (Wildman–Crippen LogP) is 2.52. The van der Waals surface area contributed by atoms with Crippen molar-refractivity contribution in [1.82, 2.24) is 0 Å². The molecule has 0 saturated heterocycles. The van der Waals surface area contributed by atoms with Gasteiger partial charge in [-0.3, -0.25) is 0 Å². The van der Waals surface area contributed by atoms with Crippen LogP contribution in [0.25, 0.3) is 0 Å². The van der Waals surface area contributed by atoms with Gasteiger partial charge in [0.2, 0.25) is 0 Å². The third-order valence-electron chi connectivity index (χ3n) is 1.65. The molecule has 0 fully saturated rings. The van der Waals surface area contributed by atoms with Gasteiger partial charge in [0, 0.05) is 5.41 Å². The molecular formula is C10H18O. The van der Waals surface area contributed by atoms with E-state index in [4.69, 9.17) is 5.11 Å². The fourth-order valence-electron chi connectivity index (χ4n) is 0.466. The summed E-state index contributed by atoms with van der Waals surface area (Å²) >= 11 is 0. The van der Waals surface area contributed by atoms with Gasteiger partial charge in [-0.15, -0.1) is 5.73 Å². The summed E-state index contributed by atoms with van der Waals surface area (Å²) in [6, 6.07) is 0. The fraction of sp³-hybridized carbons (Fsp3) is 0.700. The van der Waals surface area contributed by atoms with Crippen LogP contribution in [0.3, 0.4) is 0 Å². The average molecular weight is 154 g/mol. The molecule has 0 aromatic carbocycles. The molecule has 0 aliphatic rings. The first kappa shape index (κ1) is 10.5. The Morgan fingerprint density at radius 2 is 2.09 bits per heavy atom. The van der Waals surface area contributed by atoms with Gasteiger partial charge < -0.3 is 5.11 Å². The Hall–Kier alpha value is -0.520. The Morgan fingerprint density at radius 3 is 2.45 bits per heavy atom. The number of rotatable bonds is 3. The molecular weight excluding hydrogens is 136 g/mol. The van der Waals surface area contributed by atoms with Crippen LogP contribution in [-0.4, -0.2) is 11.7 Å². The molecule has 0 aromatic rings. The second kappa shape index (κ2) is 4.38. The lowest BCUT2D eigenvalue weighted by molar-refractivity contribution is 0.200. The van der Waals surface area contributed by atoms with Gasteiger partial charge in [-0.2, -0.15) is 0 Å². The predicted molar refractivity (Wildman–Crippen MR) is 48.4 cm³/mol. The van der Waals surface area contributed by atoms with Crippen LogP contribution in [0, 0.1) is 5.41 Å². The lowest BCUT2D eigenvalue weighted by Gasteiger charge is -2.13. The van der Waals surface area contributed by atoms with Crippen molar-refractivity contribution in [1.29, 1.82) is 0 Å². The maximum absolute atomic E-state index is 8.90. The normalized spacial score (nSPS) is 10.6. The molecule has 0 atom stereocenters. The van der Waals surface area contributed by atoms with Crippen LogP contribution in [0.15, 0.2) is 17.4 Å². The molecule has 0 aliphatic carbocycles. The first-order chi connectivity index (χ1) is 5.02. The molecule has 0 unspecified atom stereocenters.